The minimum absolute atomic E-state index is 0.0286. The van der Waals surface area contributed by atoms with Crippen LogP contribution in [0.3, 0.4) is 0 Å². The predicted octanol–water partition coefficient (Wildman–Crippen LogP) is 4.28. The molecule has 2 heterocycles. The Balaban J connectivity index is 1.69. The number of halogens is 5. The molecule has 1 fully saturated rings. The van der Waals surface area contributed by atoms with Crippen molar-refractivity contribution in [3.05, 3.63) is 61.7 Å². The van der Waals surface area contributed by atoms with E-state index in [4.69, 9.17) is 23.2 Å². The molecule has 1 amide bonds. The Labute approximate surface area is 172 Å². The maximum atomic E-state index is 12.7. The summed E-state index contributed by atoms with van der Waals surface area (Å²) < 4.78 is 38.2. The Hall–Kier alpha value is -2.59. The number of benzene rings is 1. The van der Waals surface area contributed by atoms with Crippen molar-refractivity contribution in [1.29, 1.82) is 0 Å². The third-order valence-electron chi connectivity index (χ3n) is 4.41. The lowest BCUT2D eigenvalue weighted by Gasteiger charge is -2.36. The molecule has 0 atom stereocenters. The first-order valence-electron chi connectivity index (χ1n) is 8.29. The topological polar surface area (TPSA) is 79.6 Å². The largest absolute Gasteiger partial charge is 0.417 e. The monoisotopic (exact) mass is 448 g/mol. The molecule has 1 aliphatic rings. The van der Waals surface area contributed by atoms with Gasteiger partial charge in [-0.25, -0.2) is 4.98 Å². The standard InChI is InChI=1S/C17H13Cl2F3N4O3/c18-13-8-11(26(28)29)1-2-12(13)16(27)25-5-3-24(4-6-25)15-14(19)7-10(9-23-15)17(20,21)22/h1-2,7-9H,3-6H2. The van der Waals surface area contributed by atoms with Crippen molar-refractivity contribution in [1.82, 2.24) is 9.88 Å². The molecule has 12 heteroatoms. The molecule has 7 nitrogen and oxygen atoms in total. The fraction of sp³-hybridized carbons (Fsp3) is 0.294. The van der Waals surface area contributed by atoms with Gasteiger partial charge in [0.1, 0.15) is 5.82 Å². The molecule has 3 rings (SSSR count). The summed E-state index contributed by atoms with van der Waals surface area (Å²) in [6, 6.07) is 4.42. The molecule has 2 aromatic rings. The van der Waals surface area contributed by atoms with Crippen LogP contribution in [0.1, 0.15) is 15.9 Å². The van der Waals surface area contributed by atoms with E-state index in [-0.39, 0.29) is 40.2 Å². The van der Waals surface area contributed by atoms with E-state index in [1.807, 2.05) is 0 Å². The first kappa shape index (κ1) is 21.1. The third-order valence-corrected chi connectivity index (χ3v) is 5.00. The Kier molecular flexibility index (Phi) is 5.85. The maximum absolute atomic E-state index is 12.7. The van der Waals surface area contributed by atoms with E-state index in [1.165, 1.54) is 17.0 Å². The first-order valence-corrected chi connectivity index (χ1v) is 9.04. The molecular weight excluding hydrogens is 436 g/mol. The van der Waals surface area contributed by atoms with Crippen molar-refractivity contribution in [2.75, 3.05) is 31.1 Å². The molecule has 1 aromatic heterocycles. The van der Waals surface area contributed by atoms with Crippen molar-refractivity contribution in [2.24, 2.45) is 0 Å². The molecule has 0 saturated carbocycles. The van der Waals surface area contributed by atoms with E-state index in [0.717, 1.165) is 18.3 Å². The van der Waals surface area contributed by atoms with E-state index >= 15 is 0 Å². The molecule has 29 heavy (non-hydrogen) atoms. The van der Waals surface area contributed by atoms with Crippen LogP contribution in [-0.2, 0) is 6.18 Å². The number of nitro groups is 1. The van der Waals surface area contributed by atoms with Crippen molar-refractivity contribution in [2.45, 2.75) is 6.18 Å². The average molecular weight is 449 g/mol. The highest BCUT2D eigenvalue weighted by atomic mass is 35.5. The van der Waals surface area contributed by atoms with Crippen LogP contribution in [0, 0.1) is 10.1 Å². The molecule has 1 aromatic carbocycles. The fourth-order valence-electron chi connectivity index (χ4n) is 2.90. The zero-order valence-electron chi connectivity index (χ0n) is 14.6. The summed E-state index contributed by atoms with van der Waals surface area (Å²) in [7, 11) is 0. The average Bonchev–Trinajstić information content (AvgIpc) is 2.66. The van der Waals surface area contributed by atoms with Gasteiger partial charge in [-0.05, 0) is 12.1 Å². The molecule has 0 unspecified atom stereocenters. The van der Waals surface area contributed by atoms with Crippen molar-refractivity contribution in [3.63, 3.8) is 0 Å². The molecule has 0 N–H and O–H groups in total. The number of non-ortho nitro benzene ring substituents is 1. The number of pyridine rings is 1. The van der Waals surface area contributed by atoms with Gasteiger partial charge in [0, 0.05) is 44.5 Å². The van der Waals surface area contributed by atoms with Crippen molar-refractivity contribution >= 4 is 40.6 Å². The van der Waals surface area contributed by atoms with Crippen LogP contribution in [0.5, 0.6) is 0 Å². The number of piperazine rings is 1. The van der Waals surface area contributed by atoms with Crippen LogP contribution in [0.25, 0.3) is 0 Å². The molecule has 0 radical (unpaired) electrons. The smallest absolute Gasteiger partial charge is 0.352 e. The van der Waals surface area contributed by atoms with E-state index in [2.05, 4.69) is 4.98 Å². The number of nitrogens with zero attached hydrogens (tertiary/aromatic N) is 4. The SMILES string of the molecule is O=C(c1ccc([N+](=O)[O-])cc1Cl)N1CCN(c2ncc(C(F)(F)F)cc2Cl)CC1. The van der Waals surface area contributed by atoms with Gasteiger partial charge in [-0.2, -0.15) is 13.2 Å². The Bertz CT molecular complexity index is 963. The number of nitro benzene ring substituents is 1. The number of amides is 1. The number of carbonyl (C=O) groups excluding carboxylic acids is 1. The number of hydrogen-bond acceptors (Lipinski definition) is 5. The number of carbonyl (C=O) groups is 1. The molecular formula is C17H13Cl2F3N4O3. The van der Waals surface area contributed by atoms with Crippen LogP contribution < -0.4 is 4.90 Å². The van der Waals surface area contributed by atoms with Gasteiger partial charge < -0.3 is 9.80 Å². The molecule has 1 aliphatic heterocycles. The van der Waals surface area contributed by atoms with E-state index in [9.17, 15) is 28.1 Å². The van der Waals surface area contributed by atoms with Crippen molar-refractivity contribution in [3.8, 4) is 0 Å². The molecule has 1 saturated heterocycles. The summed E-state index contributed by atoms with van der Waals surface area (Å²) >= 11 is 12.0. The fourth-order valence-corrected chi connectivity index (χ4v) is 3.44. The van der Waals surface area contributed by atoms with Crippen LogP contribution in [0.15, 0.2) is 30.5 Å². The minimum Gasteiger partial charge on any atom is -0.352 e. The highest BCUT2D eigenvalue weighted by Crippen LogP contribution is 2.34. The number of hydrogen-bond donors (Lipinski definition) is 0. The number of alkyl halides is 3. The van der Waals surface area contributed by atoms with Crippen LogP contribution >= 0.6 is 23.2 Å². The summed E-state index contributed by atoms with van der Waals surface area (Å²) in [5.74, 6) is -0.184. The summed E-state index contributed by atoms with van der Waals surface area (Å²) in [4.78, 5) is 29.8. The molecule has 154 valence electrons. The summed E-state index contributed by atoms with van der Waals surface area (Å²) in [6.07, 6.45) is -3.82. The van der Waals surface area contributed by atoms with E-state index in [0.29, 0.717) is 13.1 Å². The number of aromatic nitrogens is 1. The summed E-state index contributed by atoms with van der Waals surface area (Å²) in [5.41, 5.74) is -1.02. The molecule has 0 aliphatic carbocycles. The Morgan fingerprint density at radius 2 is 1.76 bits per heavy atom. The quantitative estimate of drug-likeness (QED) is 0.517. The molecule has 0 bridgehead atoms. The van der Waals surface area contributed by atoms with Gasteiger partial charge in [0.2, 0.25) is 0 Å². The zero-order chi connectivity index (χ0) is 21.3. The second-order valence-electron chi connectivity index (χ2n) is 6.23. The lowest BCUT2D eigenvalue weighted by atomic mass is 10.1. The zero-order valence-corrected chi connectivity index (χ0v) is 16.1. The second kappa shape index (κ2) is 8.03. The summed E-state index contributed by atoms with van der Waals surface area (Å²) in [6.45, 7) is 1.11. The second-order valence-corrected chi connectivity index (χ2v) is 7.04. The van der Waals surface area contributed by atoms with Gasteiger partial charge in [-0.15, -0.1) is 0 Å². The lowest BCUT2D eigenvalue weighted by Crippen LogP contribution is -2.49. The van der Waals surface area contributed by atoms with Gasteiger partial charge in [0.05, 0.1) is 26.1 Å². The highest BCUT2D eigenvalue weighted by molar-refractivity contribution is 6.34. The first-order chi connectivity index (χ1) is 13.6. The Morgan fingerprint density at radius 3 is 2.28 bits per heavy atom. The maximum Gasteiger partial charge on any atom is 0.417 e. The van der Waals surface area contributed by atoms with Crippen LogP contribution in [0.2, 0.25) is 10.0 Å². The highest BCUT2D eigenvalue weighted by Gasteiger charge is 2.32. The minimum atomic E-state index is -4.54. The van der Waals surface area contributed by atoms with Gasteiger partial charge in [-0.3, -0.25) is 14.9 Å². The Morgan fingerprint density at radius 1 is 1.10 bits per heavy atom. The van der Waals surface area contributed by atoms with Crippen LogP contribution in [-0.4, -0.2) is 46.9 Å². The third kappa shape index (κ3) is 4.54. The normalized spacial score (nSPS) is 14.8. The van der Waals surface area contributed by atoms with Gasteiger partial charge in [-0.1, -0.05) is 23.2 Å². The predicted molar refractivity (Wildman–Crippen MR) is 100 cm³/mol. The summed E-state index contributed by atoms with van der Waals surface area (Å²) in [5, 5.41) is 10.6. The van der Waals surface area contributed by atoms with Gasteiger partial charge >= 0.3 is 6.18 Å². The van der Waals surface area contributed by atoms with Crippen LogP contribution in [0.4, 0.5) is 24.7 Å². The lowest BCUT2D eigenvalue weighted by molar-refractivity contribution is -0.384. The van der Waals surface area contributed by atoms with Crippen molar-refractivity contribution < 1.29 is 22.9 Å². The molecule has 0 spiro atoms. The number of rotatable bonds is 3. The van der Waals surface area contributed by atoms with E-state index < -0.39 is 22.6 Å². The number of anilines is 1. The van der Waals surface area contributed by atoms with E-state index in [1.54, 1.807) is 4.90 Å². The van der Waals surface area contributed by atoms with Gasteiger partial charge in [0.15, 0.2) is 0 Å². The van der Waals surface area contributed by atoms with Gasteiger partial charge in [0.25, 0.3) is 11.6 Å².